The molecule has 1 saturated heterocycles. The van der Waals surface area contributed by atoms with Crippen molar-refractivity contribution in [1.29, 1.82) is 0 Å². The zero-order chi connectivity index (χ0) is 24.2. The van der Waals surface area contributed by atoms with Gasteiger partial charge in [0.2, 0.25) is 15.9 Å². The van der Waals surface area contributed by atoms with Gasteiger partial charge in [0.25, 0.3) is 5.91 Å². The molecular weight excluding hydrogens is 508 g/mol. The van der Waals surface area contributed by atoms with Crippen molar-refractivity contribution in [3.63, 3.8) is 0 Å². The molecule has 1 heterocycles. The Morgan fingerprint density at radius 1 is 1.18 bits per heavy atom. The second kappa shape index (κ2) is 10.7. The molecule has 0 spiro atoms. The van der Waals surface area contributed by atoms with Crippen LogP contribution >= 0.6 is 15.9 Å². The molecule has 2 amide bonds. The third-order valence-corrected chi connectivity index (χ3v) is 7.91. The van der Waals surface area contributed by atoms with Crippen LogP contribution in [0.5, 0.6) is 0 Å². The minimum atomic E-state index is -3.85. The predicted octanol–water partition coefficient (Wildman–Crippen LogP) is 3.48. The summed E-state index contributed by atoms with van der Waals surface area (Å²) >= 11 is 3.35. The van der Waals surface area contributed by atoms with Crippen molar-refractivity contribution in [1.82, 2.24) is 4.72 Å². The average Bonchev–Trinajstić information content (AvgIpc) is 2.78. The van der Waals surface area contributed by atoms with Gasteiger partial charge in [-0.25, -0.2) is 13.1 Å². The van der Waals surface area contributed by atoms with E-state index >= 15 is 0 Å². The van der Waals surface area contributed by atoms with Gasteiger partial charge >= 0.3 is 0 Å². The van der Waals surface area contributed by atoms with Crippen molar-refractivity contribution in [2.24, 2.45) is 11.7 Å². The molecule has 3 rings (SSSR count). The molecule has 0 saturated carbocycles. The van der Waals surface area contributed by atoms with Crippen molar-refractivity contribution in [3.8, 4) is 0 Å². The topological polar surface area (TPSA) is 122 Å². The van der Waals surface area contributed by atoms with Crippen LogP contribution in [0, 0.1) is 5.92 Å². The third kappa shape index (κ3) is 6.33. The number of hydrogen-bond donors (Lipinski definition) is 3. The summed E-state index contributed by atoms with van der Waals surface area (Å²) in [5.74, 6) is -0.876. The van der Waals surface area contributed by atoms with Crippen molar-refractivity contribution in [3.05, 3.63) is 52.5 Å². The Hall–Kier alpha value is -2.43. The van der Waals surface area contributed by atoms with Crippen molar-refractivity contribution < 1.29 is 18.0 Å². The van der Waals surface area contributed by atoms with Crippen LogP contribution in [0.1, 0.15) is 43.5 Å². The van der Waals surface area contributed by atoms with Gasteiger partial charge in [-0.3, -0.25) is 9.59 Å². The van der Waals surface area contributed by atoms with Crippen LogP contribution in [-0.2, 0) is 14.8 Å². The van der Waals surface area contributed by atoms with Gasteiger partial charge in [-0.15, -0.1) is 0 Å². The highest BCUT2D eigenvalue weighted by atomic mass is 79.9. The number of rotatable bonds is 8. The third-order valence-electron chi connectivity index (χ3n) is 5.80. The molecule has 1 fully saturated rings. The number of nitrogens with zero attached hydrogens (tertiary/aromatic N) is 1. The maximum Gasteiger partial charge on any atom is 0.255 e. The second-order valence-corrected chi connectivity index (χ2v) is 10.8. The van der Waals surface area contributed by atoms with Gasteiger partial charge < -0.3 is 16.0 Å². The van der Waals surface area contributed by atoms with Crippen molar-refractivity contribution in [2.75, 3.05) is 23.3 Å². The van der Waals surface area contributed by atoms with E-state index in [1.165, 1.54) is 6.07 Å². The van der Waals surface area contributed by atoms with Crippen LogP contribution in [0.4, 0.5) is 11.4 Å². The summed E-state index contributed by atoms with van der Waals surface area (Å²) < 4.78 is 30.0. The van der Waals surface area contributed by atoms with Gasteiger partial charge in [0.15, 0.2) is 0 Å². The molecule has 2 aromatic carbocycles. The number of benzene rings is 2. The monoisotopic (exact) mass is 536 g/mol. The molecule has 1 aliphatic rings. The smallest absolute Gasteiger partial charge is 0.255 e. The summed E-state index contributed by atoms with van der Waals surface area (Å²) in [4.78, 5) is 26.2. The average molecular weight is 537 g/mol. The van der Waals surface area contributed by atoms with E-state index in [2.05, 4.69) is 26.0 Å². The molecule has 0 unspecified atom stereocenters. The lowest BCUT2D eigenvalue weighted by molar-refractivity contribution is -0.122. The Morgan fingerprint density at radius 2 is 1.88 bits per heavy atom. The minimum Gasteiger partial charge on any atom is -0.370 e. The number of carbonyl (C=O) groups is 2. The molecule has 178 valence electrons. The molecule has 4 N–H and O–H groups in total. The number of hydrogen-bond acceptors (Lipinski definition) is 5. The molecule has 33 heavy (non-hydrogen) atoms. The Balaban J connectivity index is 1.93. The number of carbonyl (C=O) groups excluding carboxylic acids is 2. The van der Waals surface area contributed by atoms with Gasteiger partial charge in [0.1, 0.15) is 4.90 Å². The van der Waals surface area contributed by atoms with E-state index in [1.807, 2.05) is 17.9 Å². The van der Waals surface area contributed by atoms with E-state index in [4.69, 9.17) is 5.73 Å². The van der Waals surface area contributed by atoms with E-state index in [0.29, 0.717) is 49.3 Å². The first kappa shape index (κ1) is 25.2. The minimum absolute atomic E-state index is 0.0902. The number of nitrogens with one attached hydrogen (secondary N) is 2. The zero-order valence-electron chi connectivity index (χ0n) is 18.7. The van der Waals surface area contributed by atoms with Gasteiger partial charge in [-0.1, -0.05) is 28.9 Å². The Labute approximate surface area is 203 Å². The SMILES string of the molecule is CC[C@H](C)NS(=O)(=O)c1cc(NC(=O)c2cccc(Br)c2)ccc1N1CCC(C(N)=O)CC1. The number of halogens is 1. The normalized spacial score (nSPS) is 15.8. The fourth-order valence-electron chi connectivity index (χ4n) is 3.72. The van der Waals surface area contributed by atoms with E-state index in [0.717, 1.165) is 4.47 Å². The maximum absolute atomic E-state index is 13.3. The largest absolute Gasteiger partial charge is 0.370 e. The predicted molar refractivity (Wildman–Crippen MR) is 133 cm³/mol. The molecule has 2 aromatic rings. The number of primary amides is 1. The van der Waals surface area contributed by atoms with Crippen LogP contribution in [0.15, 0.2) is 51.8 Å². The Kier molecular flexibility index (Phi) is 8.14. The quantitative estimate of drug-likeness (QED) is 0.476. The standard InChI is InChI=1S/C23H29BrN4O4S/c1-3-15(2)27-33(31,32)21-14-19(26-23(30)17-5-4-6-18(24)13-17)7-8-20(21)28-11-9-16(10-12-28)22(25)29/h4-8,13-16,27H,3,9-12H2,1-2H3,(H2,25,29)(H,26,30)/t15-/m0/s1. The number of amides is 2. The Morgan fingerprint density at radius 3 is 2.48 bits per heavy atom. The van der Waals surface area contributed by atoms with E-state index in [9.17, 15) is 18.0 Å². The molecular formula is C23H29BrN4O4S. The van der Waals surface area contributed by atoms with Crippen LogP contribution < -0.4 is 20.7 Å². The number of anilines is 2. The number of sulfonamides is 1. The molecule has 0 aliphatic carbocycles. The van der Waals surface area contributed by atoms with Gasteiger partial charge in [-0.2, -0.15) is 0 Å². The van der Waals surface area contributed by atoms with E-state index < -0.39 is 10.0 Å². The lowest BCUT2D eigenvalue weighted by Crippen LogP contribution is -2.40. The van der Waals surface area contributed by atoms with Gasteiger partial charge in [0, 0.05) is 40.8 Å². The summed E-state index contributed by atoms with van der Waals surface area (Å²) in [5, 5.41) is 2.79. The first-order valence-electron chi connectivity index (χ1n) is 10.9. The van der Waals surface area contributed by atoms with Crippen molar-refractivity contribution >= 4 is 49.1 Å². The molecule has 0 bridgehead atoms. The fraction of sp³-hybridized carbons (Fsp3) is 0.391. The number of nitrogens with two attached hydrogens (primary N) is 1. The lowest BCUT2D eigenvalue weighted by atomic mass is 9.96. The zero-order valence-corrected chi connectivity index (χ0v) is 21.1. The van der Waals surface area contributed by atoms with Gasteiger partial charge in [-0.05, 0) is 62.6 Å². The molecule has 0 aromatic heterocycles. The highest BCUT2D eigenvalue weighted by Crippen LogP contribution is 2.32. The van der Waals surface area contributed by atoms with Crippen LogP contribution in [-0.4, -0.2) is 39.4 Å². The highest BCUT2D eigenvalue weighted by Gasteiger charge is 2.28. The summed E-state index contributed by atoms with van der Waals surface area (Å²) in [6, 6.07) is 11.6. The first-order valence-corrected chi connectivity index (χ1v) is 13.2. The maximum atomic E-state index is 13.3. The summed E-state index contributed by atoms with van der Waals surface area (Å²) in [6.45, 7) is 4.73. The van der Waals surface area contributed by atoms with Crippen molar-refractivity contribution in [2.45, 2.75) is 44.0 Å². The summed E-state index contributed by atoms with van der Waals surface area (Å²) in [5.41, 5.74) is 6.80. The molecule has 1 aliphatic heterocycles. The summed E-state index contributed by atoms with van der Waals surface area (Å²) in [6.07, 6.45) is 1.77. The van der Waals surface area contributed by atoms with Crippen LogP contribution in [0.3, 0.4) is 0 Å². The van der Waals surface area contributed by atoms with E-state index in [-0.39, 0.29) is 28.7 Å². The second-order valence-electron chi connectivity index (χ2n) is 8.24. The fourth-order valence-corrected chi connectivity index (χ4v) is 5.70. The first-order chi connectivity index (χ1) is 15.6. The molecule has 1 atom stereocenters. The van der Waals surface area contributed by atoms with Gasteiger partial charge in [0.05, 0.1) is 5.69 Å². The number of piperidine rings is 1. The lowest BCUT2D eigenvalue weighted by Gasteiger charge is -2.33. The van der Waals surface area contributed by atoms with Crippen LogP contribution in [0.2, 0.25) is 0 Å². The summed E-state index contributed by atoms with van der Waals surface area (Å²) in [7, 11) is -3.85. The highest BCUT2D eigenvalue weighted by molar-refractivity contribution is 9.10. The van der Waals surface area contributed by atoms with Crippen LogP contribution in [0.25, 0.3) is 0 Å². The Bertz CT molecular complexity index is 1130. The molecule has 0 radical (unpaired) electrons. The molecule has 10 heteroatoms. The molecule has 8 nitrogen and oxygen atoms in total. The van der Waals surface area contributed by atoms with E-state index in [1.54, 1.807) is 37.3 Å².